The number of hydrogen-bond acceptors (Lipinski definition) is 3. The van der Waals surface area contributed by atoms with Gasteiger partial charge in [-0.1, -0.05) is 42.5 Å². The van der Waals surface area contributed by atoms with E-state index in [2.05, 4.69) is 28.2 Å². The van der Waals surface area contributed by atoms with Crippen molar-refractivity contribution >= 4 is 26.7 Å². The molecule has 2 aromatic rings. The molecule has 28 heavy (non-hydrogen) atoms. The molecule has 0 radical (unpaired) electrons. The van der Waals surface area contributed by atoms with E-state index in [0.29, 0.717) is 32.2 Å². The number of carbonyl (C=O) groups is 1. The van der Waals surface area contributed by atoms with Crippen molar-refractivity contribution in [3.8, 4) is 0 Å². The summed E-state index contributed by atoms with van der Waals surface area (Å²) < 4.78 is 26.6. The minimum absolute atomic E-state index is 0.0506. The predicted octanol–water partition coefficient (Wildman–Crippen LogP) is 3.73. The van der Waals surface area contributed by atoms with Crippen LogP contribution in [-0.2, 0) is 21.4 Å². The van der Waals surface area contributed by atoms with Gasteiger partial charge >= 0.3 is 0 Å². The predicted molar refractivity (Wildman–Crippen MR) is 113 cm³/mol. The topological polar surface area (TPSA) is 75.3 Å². The second-order valence-electron chi connectivity index (χ2n) is 8.64. The number of carbonyl (C=O) groups excluding carboxylic acids is 1. The van der Waals surface area contributed by atoms with E-state index >= 15 is 0 Å². The molecule has 0 aromatic heterocycles. The van der Waals surface area contributed by atoms with Crippen molar-refractivity contribution in [1.29, 1.82) is 0 Å². The molecule has 1 amide bonds. The summed E-state index contributed by atoms with van der Waals surface area (Å²) in [4.78, 5) is 12.6. The number of sulfonamides is 1. The van der Waals surface area contributed by atoms with Crippen LogP contribution in [0.1, 0.15) is 52.0 Å². The van der Waals surface area contributed by atoms with E-state index < -0.39 is 14.8 Å². The number of hydrogen-bond donors (Lipinski definition) is 2. The largest absolute Gasteiger partial charge is 0.352 e. The molecule has 6 heteroatoms. The zero-order valence-electron chi connectivity index (χ0n) is 16.9. The molecule has 0 saturated heterocycles. The van der Waals surface area contributed by atoms with Crippen LogP contribution < -0.4 is 10.0 Å². The Morgan fingerprint density at radius 1 is 1.00 bits per heavy atom. The second-order valence-corrected chi connectivity index (χ2v) is 11.1. The Morgan fingerprint density at radius 3 is 2.32 bits per heavy atom. The van der Waals surface area contributed by atoms with Crippen LogP contribution in [0.2, 0.25) is 0 Å². The van der Waals surface area contributed by atoms with Gasteiger partial charge in [-0.25, -0.2) is 13.1 Å². The highest BCUT2D eigenvalue weighted by Gasteiger charge is 2.34. The summed E-state index contributed by atoms with van der Waals surface area (Å²) in [5.41, 5.74) is 1.11. The summed E-state index contributed by atoms with van der Waals surface area (Å²) in [6.07, 6.45) is 2.81. The van der Waals surface area contributed by atoms with Crippen LogP contribution >= 0.6 is 0 Å². The zero-order valence-corrected chi connectivity index (χ0v) is 17.7. The van der Waals surface area contributed by atoms with Crippen molar-refractivity contribution in [3.05, 3.63) is 48.0 Å². The maximum atomic E-state index is 12.6. The molecule has 0 bridgehead atoms. The maximum absolute atomic E-state index is 12.6. The molecule has 0 spiro atoms. The molecule has 0 atom stereocenters. The number of fused-ring (bicyclic) bond motifs is 1. The van der Waals surface area contributed by atoms with Crippen molar-refractivity contribution in [2.45, 2.75) is 63.8 Å². The average molecular weight is 403 g/mol. The summed E-state index contributed by atoms with van der Waals surface area (Å²) in [7, 11) is -3.35. The van der Waals surface area contributed by atoms with E-state index in [1.807, 2.05) is 24.3 Å². The molecule has 0 unspecified atom stereocenters. The van der Waals surface area contributed by atoms with E-state index in [4.69, 9.17) is 0 Å². The highest BCUT2D eigenvalue weighted by atomic mass is 32.2. The molecule has 2 N–H and O–H groups in total. The van der Waals surface area contributed by atoms with Gasteiger partial charge in [0.1, 0.15) is 0 Å². The zero-order chi connectivity index (χ0) is 20.4. The maximum Gasteiger partial charge on any atom is 0.223 e. The third-order valence-electron chi connectivity index (χ3n) is 5.56. The normalized spacial score (nSPS) is 20.8. The summed E-state index contributed by atoms with van der Waals surface area (Å²) in [5, 5.41) is 5.40. The van der Waals surface area contributed by atoms with Gasteiger partial charge in [-0.2, -0.15) is 0 Å². The van der Waals surface area contributed by atoms with Gasteiger partial charge in [0.2, 0.25) is 15.9 Å². The molecule has 1 fully saturated rings. The first-order valence-corrected chi connectivity index (χ1v) is 11.4. The highest BCUT2D eigenvalue weighted by Crippen LogP contribution is 2.27. The van der Waals surface area contributed by atoms with Gasteiger partial charge in [-0.3, -0.25) is 4.79 Å². The molecule has 152 valence electrons. The first-order valence-electron chi connectivity index (χ1n) is 9.93. The van der Waals surface area contributed by atoms with Gasteiger partial charge < -0.3 is 5.32 Å². The smallest absolute Gasteiger partial charge is 0.223 e. The van der Waals surface area contributed by atoms with Gasteiger partial charge in [0.25, 0.3) is 0 Å². The van der Waals surface area contributed by atoms with Gasteiger partial charge in [0, 0.05) is 18.5 Å². The van der Waals surface area contributed by atoms with Gasteiger partial charge in [-0.15, -0.1) is 0 Å². The van der Waals surface area contributed by atoms with Crippen LogP contribution in [0.3, 0.4) is 0 Å². The fourth-order valence-electron chi connectivity index (χ4n) is 3.64. The van der Waals surface area contributed by atoms with Crippen molar-refractivity contribution in [2.24, 2.45) is 5.92 Å². The third kappa shape index (κ3) is 4.73. The molecular weight excluding hydrogens is 372 g/mol. The molecule has 1 aliphatic rings. The fourth-order valence-corrected chi connectivity index (χ4v) is 4.67. The number of benzene rings is 2. The van der Waals surface area contributed by atoms with Crippen LogP contribution in [-0.4, -0.2) is 25.1 Å². The van der Waals surface area contributed by atoms with E-state index in [9.17, 15) is 13.2 Å². The Bertz CT molecular complexity index is 934. The standard InChI is InChI=1S/C22H30N2O3S/c1-22(2,3)28(26,27)24-19-13-11-17(12-14-19)21(25)23-15-18-9-6-8-16-7-4-5-10-20(16)18/h4-10,17,19,24H,11-15H2,1-3H3,(H,23,25)/t17-,19-. The van der Waals surface area contributed by atoms with Gasteiger partial charge in [0.15, 0.2) is 0 Å². The first-order chi connectivity index (χ1) is 13.2. The lowest BCUT2D eigenvalue weighted by Crippen LogP contribution is -2.46. The van der Waals surface area contributed by atoms with Gasteiger partial charge in [0.05, 0.1) is 4.75 Å². The quantitative estimate of drug-likeness (QED) is 0.800. The van der Waals surface area contributed by atoms with E-state index in [0.717, 1.165) is 10.9 Å². The van der Waals surface area contributed by atoms with Crippen molar-refractivity contribution in [3.63, 3.8) is 0 Å². The second kappa shape index (κ2) is 8.21. The molecule has 0 aliphatic heterocycles. The minimum Gasteiger partial charge on any atom is -0.352 e. The van der Waals surface area contributed by atoms with Crippen molar-refractivity contribution in [1.82, 2.24) is 10.0 Å². The summed E-state index contributed by atoms with van der Waals surface area (Å²) in [5.74, 6) is 0.00966. The van der Waals surface area contributed by atoms with Crippen LogP contribution in [0, 0.1) is 5.92 Å². The Labute approximate surface area is 168 Å². The minimum atomic E-state index is -3.35. The number of amides is 1. The van der Waals surface area contributed by atoms with E-state index in [1.165, 1.54) is 5.39 Å². The lowest BCUT2D eigenvalue weighted by molar-refractivity contribution is -0.126. The molecule has 0 heterocycles. The summed E-state index contributed by atoms with van der Waals surface area (Å²) >= 11 is 0. The monoisotopic (exact) mass is 402 g/mol. The van der Waals surface area contributed by atoms with E-state index in [-0.39, 0.29) is 17.9 Å². The number of nitrogens with one attached hydrogen (secondary N) is 2. The molecule has 1 saturated carbocycles. The summed E-state index contributed by atoms with van der Waals surface area (Å²) in [6.45, 7) is 5.60. The molecule has 5 nitrogen and oxygen atoms in total. The Morgan fingerprint density at radius 2 is 1.64 bits per heavy atom. The lowest BCUT2D eigenvalue weighted by Gasteiger charge is -2.30. The average Bonchev–Trinajstić information content (AvgIpc) is 2.65. The lowest BCUT2D eigenvalue weighted by atomic mass is 9.86. The SMILES string of the molecule is CC(C)(C)S(=O)(=O)N[C@H]1CC[C@H](C(=O)NCc2cccc3ccccc23)CC1. The van der Waals surface area contributed by atoms with Gasteiger partial charge in [-0.05, 0) is 62.8 Å². The first kappa shape index (κ1) is 20.8. The third-order valence-corrected chi connectivity index (χ3v) is 7.81. The van der Waals surface area contributed by atoms with Crippen molar-refractivity contribution in [2.75, 3.05) is 0 Å². The highest BCUT2D eigenvalue weighted by molar-refractivity contribution is 7.90. The van der Waals surface area contributed by atoms with Crippen LogP contribution in [0.4, 0.5) is 0 Å². The van der Waals surface area contributed by atoms with E-state index in [1.54, 1.807) is 20.8 Å². The number of rotatable bonds is 5. The molecule has 2 aromatic carbocycles. The Hall–Kier alpha value is -1.92. The van der Waals surface area contributed by atoms with Crippen LogP contribution in [0.15, 0.2) is 42.5 Å². The van der Waals surface area contributed by atoms with Crippen LogP contribution in [0.5, 0.6) is 0 Å². The Balaban J connectivity index is 1.53. The molecule has 3 rings (SSSR count). The summed E-state index contributed by atoms with van der Waals surface area (Å²) in [6, 6.07) is 14.2. The van der Waals surface area contributed by atoms with Crippen molar-refractivity contribution < 1.29 is 13.2 Å². The Kier molecular flexibility index (Phi) is 6.10. The molecular formula is C22H30N2O3S. The molecule has 1 aliphatic carbocycles. The fraction of sp³-hybridized carbons (Fsp3) is 0.500. The van der Waals surface area contributed by atoms with Crippen LogP contribution in [0.25, 0.3) is 10.8 Å².